The van der Waals surface area contributed by atoms with Gasteiger partial charge in [-0.1, -0.05) is 13.0 Å². The van der Waals surface area contributed by atoms with E-state index in [9.17, 15) is 4.79 Å². The summed E-state index contributed by atoms with van der Waals surface area (Å²) in [5, 5.41) is 8.95. The van der Waals surface area contributed by atoms with E-state index >= 15 is 0 Å². The summed E-state index contributed by atoms with van der Waals surface area (Å²) in [6.07, 6.45) is 2.48. The fourth-order valence-electron chi connectivity index (χ4n) is 2.86. The number of urea groups is 1. The Morgan fingerprint density at radius 3 is 2.88 bits per heavy atom. The first kappa shape index (κ1) is 16.8. The van der Waals surface area contributed by atoms with Crippen LogP contribution in [0.25, 0.3) is 0 Å². The number of rotatable bonds is 5. The second-order valence-corrected chi connectivity index (χ2v) is 7.20. The van der Waals surface area contributed by atoms with Crippen LogP contribution in [0.4, 0.5) is 16.2 Å². The molecule has 0 bridgehead atoms. The minimum absolute atomic E-state index is 0.172. The summed E-state index contributed by atoms with van der Waals surface area (Å²) in [7, 11) is 0. The molecule has 0 radical (unpaired) electrons. The van der Waals surface area contributed by atoms with Gasteiger partial charge in [0.25, 0.3) is 0 Å². The molecular weight excluding hydrogens is 320 g/mol. The molecule has 0 spiro atoms. The normalized spacial score (nSPS) is 15.3. The number of carbonyl (C=O) groups excluding carboxylic acids is 1. The predicted octanol–water partition coefficient (Wildman–Crippen LogP) is 3.98. The molecule has 1 aliphatic heterocycles. The Balaban J connectivity index is 1.52. The van der Waals surface area contributed by atoms with Gasteiger partial charge in [0.2, 0.25) is 0 Å². The Kier molecular flexibility index (Phi) is 5.35. The minimum atomic E-state index is -0.172. The number of anilines is 2. The fraction of sp³-hybridized carbons (Fsp3) is 0.444. The van der Waals surface area contributed by atoms with Crippen molar-refractivity contribution in [1.29, 1.82) is 0 Å². The van der Waals surface area contributed by atoms with Crippen molar-refractivity contribution in [3.8, 4) is 0 Å². The summed E-state index contributed by atoms with van der Waals surface area (Å²) < 4.78 is 0. The third kappa shape index (κ3) is 4.26. The number of benzene rings is 1. The zero-order chi connectivity index (χ0) is 16.9. The molecule has 128 valence electrons. The second-order valence-electron chi connectivity index (χ2n) is 6.31. The van der Waals surface area contributed by atoms with Gasteiger partial charge in [-0.3, -0.25) is 0 Å². The standard InChI is InChI=1S/C18H24N4OS/c1-13(17-20-14(2)12-24-17)11-19-18(23)21-15-6-5-7-16(10-15)22-8-3-4-9-22/h5-7,10,12-13H,3-4,8-9,11H2,1-2H3,(H2,19,21,23). The van der Waals surface area contributed by atoms with E-state index in [4.69, 9.17) is 0 Å². The number of hydrogen-bond donors (Lipinski definition) is 2. The smallest absolute Gasteiger partial charge is 0.319 e. The molecule has 6 heteroatoms. The quantitative estimate of drug-likeness (QED) is 0.863. The largest absolute Gasteiger partial charge is 0.371 e. The van der Waals surface area contributed by atoms with E-state index in [-0.39, 0.29) is 11.9 Å². The Morgan fingerprint density at radius 1 is 1.38 bits per heavy atom. The van der Waals surface area contributed by atoms with Crippen molar-refractivity contribution in [2.45, 2.75) is 32.6 Å². The van der Waals surface area contributed by atoms with Crippen LogP contribution in [0.2, 0.25) is 0 Å². The van der Waals surface area contributed by atoms with Gasteiger partial charge in [0.15, 0.2) is 0 Å². The zero-order valence-corrected chi connectivity index (χ0v) is 15.0. The predicted molar refractivity (Wildman–Crippen MR) is 100 cm³/mol. The monoisotopic (exact) mass is 344 g/mol. The molecule has 2 N–H and O–H groups in total. The van der Waals surface area contributed by atoms with Gasteiger partial charge in [0.1, 0.15) is 0 Å². The molecule has 1 atom stereocenters. The Morgan fingerprint density at radius 2 is 2.17 bits per heavy atom. The first-order valence-electron chi connectivity index (χ1n) is 8.44. The number of amides is 2. The minimum Gasteiger partial charge on any atom is -0.371 e. The first-order chi connectivity index (χ1) is 11.6. The second kappa shape index (κ2) is 7.66. The SMILES string of the molecule is Cc1csc(C(C)CNC(=O)Nc2cccc(N3CCCC3)c2)n1. The summed E-state index contributed by atoms with van der Waals surface area (Å²) in [4.78, 5) is 19.0. The molecule has 2 amide bonds. The Hall–Kier alpha value is -2.08. The molecule has 1 fully saturated rings. The number of aromatic nitrogens is 1. The average Bonchev–Trinajstić information content (AvgIpc) is 3.24. The van der Waals surface area contributed by atoms with Crippen LogP contribution in [0.3, 0.4) is 0 Å². The lowest BCUT2D eigenvalue weighted by molar-refractivity contribution is 0.251. The maximum atomic E-state index is 12.1. The highest BCUT2D eigenvalue weighted by Gasteiger charge is 2.14. The number of carbonyl (C=O) groups is 1. The molecule has 0 saturated carbocycles. The highest BCUT2D eigenvalue weighted by Crippen LogP contribution is 2.23. The lowest BCUT2D eigenvalue weighted by Crippen LogP contribution is -2.31. The Labute approximate surface area is 147 Å². The van der Waals surface area contributed by atoms with Crippen LogP contribution in [0, 0.1) is 6.92 Å². The zero-order valence-electron chi connectivity index (χ0n) is 14.2. The van der Waals surface area contributed by atoms with Crippen molar-refractivity contribution < 1.29 is 4.79 Å². The van der Waals surface area contributed by atoms with Crippen LogP contribution in [0.15, 0.2) is 29.6 Å². The van der Waals surface area contributed by atoms with Gasteiger partial charge < -0.3 is 15.5 Å². The molecule has 1 unspecified atom stereocenters. The maximum absolute atomic E-state index is 12.1. The van der Waals surface area contributed by atoms with Crippen molar-refractivity contribution in [2.75, 3.05) is 29.9 Å². The molecule has 2 heterocycles. The van der Waals surface area contributed by atoms with Gasteiger partial charge in [0.05, 0.1) is 5.01 Å². The number of aryl methyl sites for hydroxylation is 1. The van der Waals surface area contributed by atoms with Crippen molar-refractivity contribution in [1.82, 2.24) is 10.3 Å². The van der Waals surface area contributed by atoms with Crippen LogP contribution in [-0.2, 0) is 0 Å². The number of thiazole rings is 1. The maximum Gasteiger partial charge on any atom is 0.319 e. The van der Waals surface area contributed by atoms with Crippen LogP contribution in [-0.4, -0.2) is 30.6 Å². The first-order valence-corrected chi connectivity index (χ1v) is 9.31. The van der Waals surface area contributed by atoms with Crippen molar-refractivity contribution in [3.63, 3.8) is 0 Å². The third-order valence-corrected chi connectivity index (χ3v) is 5.40. The van der Waals surface area contributed by atoms with E-state index in [2.05, 4.69) is 33.5 Å². The number of nitrogens with one attached hydrogen (secondary N) is 2. The summed E-state index contributed by atoms with van der Waals surface area (Å²) in [6.45, 7) is 6.83. The van der Waals surface area contributed by atoms with E-state index in [0.717, 1.165) is 29.5 Å². The summed E-state index contributed by atoms with van der Waals surface area (Å²) in [6, 6.07) is 7.88. The number of hydrogen-bond acceptors (Lipinski definition) is 4. The molecule has 1 aromatic heterocycles. The molecular formula is C18H24N4OS. The van der Waals surface area contributed by atoms with Crippen LogP contribution >= 0.6 is 11.3 Å². The molecule has 2 aromatic rings. The van der Waals surface area contributed by atoms with Gasteiger partial charge in [-0.05, 0) is 38.0 Å². The Bertz CT molecular complexity index is 694. The van der Waals surface area contributed by atoms with Gasteiger partial charge in [-0.15, -0.1) is 11.3 Å². The van der Waals surface area contributed by atoms with E-state index in [1.54, 1.807) is 11.3 Å². The van der Waals surface area contributed by atoms with Gasteiger partial charge >= 0.3 is 6.03 Å². The molecule has 24 heavy (non-hydrogen) atoms. The van der Waals surface area contributed by atoms with E-state index in [1.807, 2.05) is 30.5 Å². The topological polar surface area (TPSA) is 57.3 Å². The number of nitrogens with zero attached hydrogens (tertiary/aromatic N) is 2. The molecule has 3 rings (SSSR count). The van der Waals surface area contributed by atoms with Gasteiger partial charge in [0, 0.05) is 48.0 Å². The average molecular weight is 344 g/mol. The highest BCUT2D eigenvalue weighted by atomic mass is 32.1. The lowest BCUT2D eigenvalue weighted by Gasteiger charge is -2.18. The van der Waals surface area contributed by atoms with Crippen molar-refractivity contribution >= 4 is 28.7 Å². The summed E-state index contributed by atoms with van der Waals surface area (Å²) in [5.41, 5.74) is 3.04. The molecule has 1 saturated heterocycles. The molecule has 0 aliphatic carbocycles. The summed E-state index contributed by atoms with van der Waals surface area (Å²) in [5.74, 6) is 0.213. The van der Waals surface area contributed by atoms with E-state index in [0.29, 0.717) is 6.54 Å². The summed E-state index contributed by atoms with van der Waals surface area (Å²) >= 11 is 1.64. The van der Waals surface area contributed by atoms with Crippen LogP contribution in [0.5, 0.6) is 0 Å². The fourth-order valence-corrected chi connectivity index (χ4v) is 3.72. The van der Waals surface area contributed by atoms with Crippen molar-refractivity contribution in [2.24, 2.45) is 0 Å². The highest BCUT2D eigenvalue weighted by molar-refractivity contribution is 7.09. The van der Waals surface area contributed by atoms with Gasteiger partial charge in [-0.2, -0.15) is 0 Å². The third-order valence-electron chi connectivity index (χ3n) is 4.20. The van der Waals surface area contributed by atoms with Gasteiger partial charge in [-0.25, -0.2) is 9.78 Å². The van der Waals surface area contributed by atoms with Crippen molar-refractivity contribution in [3.05, 3.63) is 40.3 Å². The molecule has 1 aliphatic rings. The van der Waals surface area contributed by atoms with E-state index in [1.165, 1.54) is 18.5 Å². The van der Waals surface area contributed by atoms with Crippen LogP contribution < -0.4 is 15.5 Å². The van der Waals surface area contributed by atoms with Crippen LogP contribution in [0.1, 0.15) is 36.4 Å². The molecule has 1 aromatic carbocycles. The van der Waals surface area contributed by atoms with E-state index < -0.39 is 0 Å². The lowest BCUT2D eigenvalue weighted by atomic mass is 10.2. The molecule has 5 nitrogen and oxygen atoms in total.